The van der Waals surface area contributed by atoms with Crippen molar-refractivity contribution in [2.45, 2.75) is 38.7 Å². The van der Waals surface area contributed by atoms with Crippen molar-refractivity contribution in [2.75, 3.05) is 33.4 Å². The van der Waals surface area contributed by atoms with Crippen LogP contribution >= 0.6 is 0 Å². The van der Waals surface area contributed by atoms with Gasteiger partial charge in [0.2, 0.25) is 5.91 Å². The fourth-order valence-electron chi connectivity index (χ4n) is 1.93. The van der Waals surface area contributed by atoms with Gasteiger partial charge in [0.25, 0.3) is 0 Å². The third kappa shape index (κ3) is 4.89. The molecule has 2 N–H and O–H groups in total. The Kier molecular flexibility index (Phi) is 7.19. The van der Waals surface area contributed by atoms with Crippen LogP contribution in [0.3, 0.4) is 0 Å². The standard InChI is InChI=1S/C12H24N2O4/c1-4-17-11(18-5-2)8-14-12(15)10-6-9(16-3)7-13-10/h9-11,13H,4-8H2,1-3H3,(H,14,15). The van der Waals surface area contributed by atoms with Gasteiger partial charge in [-0.05, 0) is 20.3 Å². The Morgan fingerprint density at radius 2 is 2.06 bits per heavy atom. The van der Waals surface area contributed by atoms with Crippen LogP contribution in [-0.2, 0) is 19.0 Å². The van der Waals surface area contributed by atoms with E-state index in [0.29, 0.717) is 26.2 Å². The number of carbonyl (C=O) groups is 1. The van der Waals surface area contributed by atoms with Crippen LogP contribution < -0.4 is 10.6 Å². The first-order valence-electron chi connectivity index (χ1n) is 6.48. The van der Waals surface area contributed by atoms with Crippen molar-refractivity contribution in [3.05, 3.63) is 0 Å². The molecule has 0 spiro atoms. The maximum Gasteiger partial charge on any atom is 0.237 e. The van der Waals surface area contributed by atoms with E-state index in [1.807, 2.05) is 13.8 Å². The lowest BCUT2D eigenvalue weighted by Crippen LogP contribution is -2.44. The van der Waals surface area contributed by atoms with Gasteiger partial charge in [-0.25, -0.2) is 0 Å². The molecule has 0 saturated carbocycles. The van der Waals surface area contributed by atoms with E-state index in [0.717, 1.165) is 6.54 Å². The fraction of sp³-hybridized carbons (Fsp3) is 0.917. The molecular formula is C12H24N2O4. The van der Waals surface area contributed by atoms with E-state index < -0.39 is 0 Å². The van der Waals surface area contributed by atoms with Crippen molar-refractivity contribution in [2.24, 2.45) is 0 Å². The van der Waals surface area contributed by atoms with Gasteiger partial charge in [-0.2, -0.15) is 0 Å². The number of methoxy groups -OCH3 is 1. The molecular weight excluding hydrogens is 236 g/mol. The van der Waals surface area contributed by atoms with E-state index in [1.54, 1.807) is 7.11 Å². The second kappa shape index (κ2) is 8.42. The van der Waals surface area contributed by atoms with Crippen molar-refractivity contribution in [3.8, 4) is 0 Å². The molecule has 2 atom stereocenters. The summed E-state index contributed by atoms with van der Waals surface area (Å²) in [5.74, 6) is -0.0287. The molecule has 0 aliphatic carbocycles. The van der Waals surface area contributed by atoms with E-state index in [-0.39, 0.29) is 24.3 Å². The van der Waals surface area contributed by atoms with E-state index in [2.05, 4.69) is 10.6 Å². The number of hydrogen-bond donors (Lipinski definition) is 2. The summed E-state index contributed by atoms with van der Waals surface area (Å²) < 4.78 is 15.9. The minimum absolute atomic E-state index is 0.0287. The molecule has 1 aliphatic rings. The Hall–Kier alpha value is -0.690. The zero-order valence-electron chi connectivity index (χ0n) is 11.4. The minimum atomic E-state index is -0.372. The molecule has 106 valence electrons. The average Bonchev–Trinajstić information content (AvgIpc) is 2.85. The molecule has 1 aliphatic heterocycles. The molecule has 0 radical (unpaired) electrons. The summed E-state index contributed by atoms with van der Waals surface area (Å²) in [5.41, 5.74) is 0. The Labute approximate surface area is 108 Å². The monoisotopic (exact) mass is 260 g/mol. The highest BCUT2D eigenvalue weighted by Crippen LogP contribution is 2.09. The number of rotatable bonds is 8. The van der Waals surface area contributed by atoms with Crippen LogP contribution in [0.5, 0.6) is 0 Å². The number of ether oxygens (including phenoxy) is 3. The van der Waals surface area contributed by atoms with Crippen LogP contribution in [0.1, 0.15) is 20.3 Å². The maximum absolute atomic E-state index is 11.9. The van der Waals surface area contributed by atoms with Crippen LogP contribution in [0.2, 0.25) is 0 Å². The van der Waals surface area contributed by atoms with E-state index in [1.165, 1.54) is 0 Å². The van der Waals surface area contributed by atoms with Gasteiger partial charge < -0.3 is 24.8 Å². The lowest BCUT2D eigenvalue weighted by molar-refractivity contribution is -0.141. The van der Waals surface area contributed by atoms with Gasteiger partial charge in [0.15, 0.2) is 6.29 Å². The van der Waals surface area contributed by atoms with Crippen molar-refractivity contribution in [1.29, 1.82) is 0 Å². The Morgan fingerprint density at radius 1 is 1.39 bits per heavy atom. The largest absolute Gasteiger partial charge is 0.380 e. The molecule has 1 amide bonds. The van der Waals surface area contributed by atoms with Crippen molar-refractivity contribution < 1.29 is 19.0 Å². The summed E-state index contributed by atoms with van der Waals surface area (Å²) in [6.07, 6.45) is 0.454. The van der Waals surface area contributed by atoms with E-state index >= 15 is 0 Å². The zero-order valence-corrected chi connectivity index (χ0v) is 11.4. The first-order chi connectivity index (χ1) is 8.71. The topological polar surface area (TPSA) is 68.8 Å². The van der Waals surface area contributed by atoms with Gasteiger partial charge in [-0.3, -0.25) is 4.79 Å². The first kappa shape index (κ1) is 15.4. The predicted octanol–water partition coefficient (Wildman–Crippen LogP) is -0.121. The third-order valence-corrected chi connectivity index (χ3v) is 2.89. The molecule has 1 heterocycles. The summed E-state index contributed by atoms with van der Waals surface area (Å²) in [6, 6.07) is -0.182. The summed E-state index contributed by atoms with van der Waals surface area (Å²) >= 11 is 0. The van der Waals surface area contributed by atoms with Crippen LogP contribution in [0, 0.1) is 0 Å². The third-order valence-electron chi connectivity index (χ3n) is 2.89. The van der Waals surface area contributed by atoms with E-state index in [9.17, 15) is 4.79 Å². The maximum atomic E-state index is 11.9. The van der Waals surface area contributed by atoms with Crippen LogP contribution in [0.4, 0.5) is 0 Å². The van der Waals surface area contributed by atoms with E-state index in [4.69, 9.17) is 14.2 Å². The fourth-order valence-corrected chi connectivity index (χ4v) is 1.93. The molecule has 0 bridgehead atoms. The van der Waals surface area contributed by atoms with Crippen molar-refractivity contribution in [3.63, 3.8) is 0 Å². The van der Waals surface area contributed by atoms with Gasteiger partial charge in [-0.15, -0.1) is 0 Å². The minimum Gasteiger partial charge on any atom is -0.380 e. The first-order valence-corrected chi connectivity index (χ1v) is 6.48. The predicted molar refractivity (Wildman–Crippen MR) is 67.3 cm³/mol. The lowest BCUT2D eigenvalue weighted by Gasteiger charge is -2.18. The highest BCUT2D eigenvalue weighted by molar-refractivity contribution is 5.82. The number of hydrogen-bond acceptors (Lipinski definition) is 5. The molecule has 1 rings (SSSR count). The zero-order chi connectivity index (χ0) is 13.4. The lowest BCUT2D eigenvalue weighted by atomic mass is 10.2. The molecule has 6 nitrogen and oxygen atoms in total. The molecule has 1 saturated heterocycles. The smallest absolute Gasteiger partial charge is 0.237 e. The molecule has 0 aromatic rings. The number of amides is 1. The number of carbonyl (C=O) groups excluding carboxylic acids is 1. The van der Waals surface area contributed by atoms with Crippen molar-refractivity contribution >= 4 is 5.91 Å². The summed E-state index contributed by atoms with van der Waals surface area (Å²) in [7, 11) is 1.66. The molecule has 0 aromatic carbocycles. The van der Waals surface area contributed by atoms with Gasteiger partial charge in [0, 0.05) is 26.9 Å². The molecule has 0 aromatic heterocycles. The highest BCUT2D eigenvalue weighted by Gasteiger charge is 2.29. The normalized spacial score (nSPS) is 23.6. The SMILES string of the molecule is CCOC(CNC(=O)C1CC(OC)CN1)OCC. The second-order valence-electron chi connectivity index (χ2n) is 4.14. The molecule has 1 fully saturated rings. The van der Waals surface area contributed by atoms with Gasteiger partial charge in [0.1, 0.15) is 0 Å². The molecule has 2 unspecified atom stereocenters. The highest BCUT2D eigenvalue weighted by atomic mass is 16.7. The summed E-state index contributed by atoms with van der Waals surface area (Å²) in [4.78, 5) is 11.9. The van der Waals surface area contributed by atoms with Crippen LogP contribution in [0.15, 0.2) is 0 Å². The summed E-state index contributed by atoms with van der Waals surface area (Å²) in [5, 5.41) is 5.96. The Balaban J connectivity index is 2.27. The molecule has 18 heavy (non-hydrogen) atoms. The second-order valence-corrected chi connectivity index (χ2v) is 4.14. The Morgan fingerprint density at radius 3 is 2.56 bits per heavy atom. The summed E-state index contributed by atoms with van der Waals surface area (Å²) in [6.45, 7) is 6.01. The quantitative estimate of drug-likeness (QED) is 0.595. The average molecular weight is 260 g/mol. The van der Waals surface area contributed by atoms with Gasteiger partial charge in [0.05, 0.1) is 18.7 Å². The molecule has 6 heteroatoms. The number of nitrogens with one attached hydrogen (secondary N) is 2. The van der Waals surface area contributed by atoms with Gasteiger partial charge >= 0.3 is 0 Å². The Bertz CT molecular complexity index is 244. The van der Waals surface area contributed by atoms with Gasteiger partial charge in [-0.1, -0.05) is 0 Å². The van der Waals surface area contributed by atoms with Crippen molar-refractivity contribution in [1.82, 2.24) is 10.6 Å². The van der Waals surface area contributed by atoms with Crippen LogP contribution in [0.25, 0.3) is 0 Å². The van der Waals surface area contributed by atoms with Crippen LogP contribution in [-0.4, -0.2) is 57.8 Å².